The minimum absolute atomic E-state index is 0.0737. The zero-order valence-corrected chi connectivity index (χ0v) is 6.72. The van der Waals surface area contributed by atoms with Crippen LogP contribution >= 0.6 is 0 Å². The van der Waals surface area contributed by atoms with Gasteiger partial charge in [-0.1, -0.05) is 20.8 Å². The molecule has 0 bridgehead atoms. The fourth-order valence-electron chi connectivity index (χ4n) is 0.696. The van der Waals surface area contributed by atoms with Gasteiger partial charge in [-0.05, 0) is 5.41 Å². The Hall–Kier alpha value is -0.840. The number of nitrogens with zero attached hydrogens (tertiary/aromatic N) is 1. The number of hydrogen-bond acceptors (Lipinski definition) is 2. The highest BCUT2D eigenvalue weighted by Crippen LogP contribution is 2.26. The highest BCUT2D eigenvalue weighted by atomic mass is 16.1. The number of carbonyl (C=O) groups is 1. The van der Waals surface area contributed by atoms with Crippen molar-refractivity contribution in [1.82, 2.24) is 0 Å². The van der Waals surface area contributed by atoms with E-state index in [1.165, 1.54) is 0 Å². The molecule has 2 nitrogen and oxygen atoms in total. The average Bonchev–Trinajstić information content (AvgIpc) is 1.80. The van der Waals surface area contributed by atoms with E-state index in [-0.39, 0.29) is 11.3 Å². The van der Waals surface area contributed by atoms with E-state index >= 15 is 0 Å². The highest BCUT2D eigenvalue weighted by Gasteiger charge is 2.23. The summed E-state index contributed by atoms with van der Waals surface area (Å²) in [6, 6.07) is 2.11. The third kappa shape index (κ3) is 2.63. The molecule has 0 saturated heterocycles. The van der Waals surface area contributed by atoms with Crippen LogP contribution in [-0.4, -0.2) is 6.29 Å². The standard InChI is InChI=1S/C8H13NO/c1-8(2,3)7(6-9)4-5-10/h5,7H,4H2,1-3H3. The maximum atomic E-state index is 10.1. The number of hydrogen-bond donors (Lipinski definition) is 0. The third-order valence-corrected chi connectivity index (χ3v) is 1.53. The molecule has 1 unspecified atom stereocenters. The smallest absolute Gasteiger partial charge is 0.121 e. The Balaban J connectivity index is 4.10. The van der Waals surface area contributed by atoms with Gasteiger partial charge in [0.15, 0.2) is 0 Å². The fourth-order valence-corrected chi connectivity index (χ4v) is 0.696. The summed E-state index contributed by atoms with van der Waals surface area (Å²) in [6.07, 6.45) is 1.15. The zero-order chi connectivity index (χ0) is 8.20. The molecule has 0 aliphatic rings. The van der Waals surface area contributed by atoms with E-state index in [9.17, 15) is 4.79 Å². The van der Waals surface area contributed by atoms with Crippen molar-refractivity contribution in [2.75, 3.05) is 0 Å². The van der Waals surface area contributed by atoms with Gasteiger partial charge in [0.1, 0.15) is 6.29 Å². The van der Waals surface area contributed by atoms with Gasteiger partial charge in [-0.15, -0.1) is 0 Å². The number of rotatable bonds is 2. The molecule has 0 spiro atoms. The van der Waals surface area contributed by atoms with Crippen LogP contribution in [0.2, 0.25) is 0 Å². The van der Waals surface area contributed by atoms with Crippen LogP contribution in [0.15, 0.2) is 0 Å². The summed E-state index contributed by atoms with van der Waals surface area (Å²) in [5.74, 6) is -0.148. The quantitative estimate of drug-likeness (QED) is 0.547. The van der Waals surface area contributed by atoms with Gasteiger partial charge in [-0.2, -0.15) is 5.26 Å². The first-order valence-electron chi connectivity index (χ1n) is 3.35. The molecule has 0 aliphatic carbocycles. The van der Waals surface area contributed by atoms with Crippen LogP contribution in [0.25, 0.3) is 0 Å². The number of nitriles is 1. The lowest BCUT2D eigenvalue weighted by Gasteiger charge is -2.22. The molecule has 0 saturated carbocycles. The lowest BCUT2D eigenvalue weighted by molar-refractivity contribution is -0.108. The van der Waals surface area contributed by atoms with E-state index in [4.69, 9.17) is 5.26 Å². The van der Waals surface area contributed by atoms with Gasteiger partial charge in [0, 0.05) is 6.42 Å². The van der Waals surface area contributed by atoms with Crippen LogP contribution in [-0.2, 0) is 4.79 Å². The van der Waals surface area contributed by atoms with E-state index in [0.717, 1.165) is 6.29 Å². The Bertz CT molecular complexity index is 150. The second kappa shape index (κ2) is 3.36. The van der Waals surface area contributed by atoms with Crippen molar-refractivity contribution in [3.05, 3.63) is 0 Å². The third-order valence-electron chi connectivity index (χ3n) is 1.53. The Morgan fingerprint density at radius 1 is 1.60 bits per heavy atom. The van der Waals surface area contributed by atoms with Crippen molar-refractivity contribution < 1.29 is 4.79 Å². The maximum Gasteiger partial charge on any atom is 0.121 e. The van der Waals surface area contributed by atoms with Crippen molar-refractivity contribution in [2.24, 2.45) is 11.3 Å². The summed E-state index contributed by atoms with van der Waals surface area (Å²) in [5, 5.41) is 8.58. The largest absolute Gasteiger partial charge is 0.303 e. The average molecular weight is 139 g/mol. The second-order valence-electron chi connectivity index (χ2n) is 3.45. The summed E-state index contributed by atoms with van der Waals surface area (Å²) >= 11 is 0. The van der Waals surface area contributed by atoms with Gasteiger partial charge in [0.2, 0.25) is 0 Å². The molecule has 0 fully saturated rings. The van der Waals surface area contributed by atoms with Gasteiger partial charge in [0.05, 0.1) is 12.0 Å². The van der Waals surface area contributed by atoms with Crippen LogP contribution in [0.3, 0.4) is 0 Å². The number of aldehydes is 1. The lowest BCUT2D eigenvalue weighted by atomic mass is 9.80. The highest BCUT2D eigenvalue weighted by molar-refractivity contribution is 5.50. The van der Waals surface area contributed by atoms with E-state index < -0.39 is 0 Å². The minimum atomic E-state index is -0.148. The van der Waals surface area contributed by atoms with E-state index in [2.05, 4.69) is 6.07 Å². The molecular formula is C8H13NO. The molecule has 10 heavy (non-hydrogen) atoms. The Morgan fingerprint density at radius 3 is 2.20 bits per heavy atom. The van der Waals surface area contributed by atoms with Crippen molar-refractivity contribution in [1.29, 1.82) is 5.26 Å². The van der Waals surface area contributed by atoms with Gasteiger partial charge in [-0.3, -0.25) is 0 Å². The monoisotopic (exact) mass is 139 g/mol. The molecule has 0 amide bonds. The van der Waals surface area contributed by atoms with Crippen molar-refractivity contribution in [3.63, 3.8) is 0 Å². The first-order valence-corrected chi connectivity index (χ1v) is 3.35. The predicted molar refractivity (Wildman–Crippen MR) is 39.2 cm³/mol. The summed E-state index contributed by atoms with van der Waals surface area (Å²) < 4.78 is 0. The molecule has 0 radical (unpaired) electrons. The maximum absolute atomic E-state index is 10.1. The normalized spacial score (nSPS) is 13.8. The van der Waals surface area contributed by atoms with Crippen molar-refractivity contribution in [3.8, 4) is 6.07 Å². The first-order chi connectivity index (χ1) is 4.52. The van der Waals surface area contributed by atoms with Crippen molar-refractivity contribution >= 4 is 6.29 Å². The molecular weight excluding hydrogens is 126 g/mol. The van der Waals surface area contributed by atoms with E-state index in [1.807, 2.05) is 20.8 Å². The molecule has 0 rings (SSSR count). The molecule has 0 N–H and O–H groups in total. The van der Waals surface area contributed by atoms with Gasteiger partial charge in [0.25, 0.3) is 0 Å². The molecule has 0 aliphatic heterocycles. The second-order valence-corrected chi connectivity index (χ2v) is 3.45. The molecule has 56 valence electrons. The fraction of sp³-hybridized carbons (Fsp3) is 0.750. The van der Waals surface area contributed by atoms with Gasteiger partial charge in [-0.25, -0.2) is 0 Å². The molecule has 0 heterocycles. The molecule has 0 aromatic heterocycles. The molecule has 0 aromatic rings. The van der Waals surface area contributed by atoms with Gasteiger partial charge < -0.3 is 4.79 Å². The van der Waals surface area contributed by atoms with Crippen molar-refractivity contribution in [2.45, 2.75) is 27.2 Å². The Labute approximate surface area is 61.8 Å². The minimum Gasteiger partial charge on any atom is -0.303 e. The summed E-state index contributed by atoms with van der Waals surface area (Å²) in [7, 11) is 0. The van der Waals surface area contributed by atoms with Crippen LogP contribution in [0.5, 0.6) is 0 Å². The topological polar surface area (TPSA) is 40.9 Å². The zero-order valence-electron chi connectivity index (χ0n) is 6.72. The van der Waals surface area contributed by atoms with E-state index in [0.29, 0.717) is 6.42 Å². The predicted octanol–water partition coefficient (Wildman–Crippen LogP) is 1.76. The summed E-state index contributed by atoms with van der Waals surface area (Å²) in [4.78, 5) is 10.1. The number of carbonyl (C=O) groups excluding carboxylic acids is 1. The van der Waals surface area contributed by atoms with Crippen LogP contribution in [0.1, 0.15) is 27.2 Å². The van der Waals surface area contributed by atoms with Crippen LogP contribution in [0.4, 0.5) is 0 Å². The summed E-state index contributed by atoms with van der Waals surface area (Å²) in [5.41, 5.74) is -0.0737. The SMILES string of the molecule is CC(C)(C)C(C#N)CC=O. The Kier molecular flexibility index (Phi) is 3.08. The first kappa shape index (κ1) is 9.16. The summed E-state index contributed by atoms with van der Waals surface area (Å²) in [6.45, 7) is 5.89. The molecule has 2 heteroatoms. The lowest BCUT2D eigenvalue weighted by Crippen LogP contribution is -2.18. The molecule has 1 atom stereocenters. The van der Waals surface area contributed by atoms with E-state index in [1.54, 1.807) is 0 Å². The molecule has 0 aromatic carbocycles. The Morgan fingerprint density at radius 2 is 2.10 bits per heavy atom. The van der Waals surface area contributed by atoms with Crippen LogP contribution < -0.4 is 0 Å². The van der Waals surface area contributed by atoms with Crippen LogP contribution in [0, 0.1) is 22.7 Å². The van der Waals surface area contributed by atoms with Gasteiger partial charge >= 0.3 is 0 Å².